The van der Waals surface area contributed by atoms with Gasteiger partial charge in [0.25, 0.3) is 11.7 Å². The van der Waals surface area contributed by atoms with Crippen molar-refractivity contribution in [1.82, 2.24) is 9.80 Å². The molecule has 1 atom stereocenters. The maximum absolute atomic E-state index is 13.4. The summed E-state index contributed by atoms with van der Waals surface area (Å²) in [4.78, 5) is 30.5. The van der Waals surface area contributed by atoms with Crippen molar-refractivity contribution in [2.24, 2.45) is 0 Å². The summed E-state index contributed by atoms with van der Waals surface area (Å²) in [6.07, 6.45) is 0.682. The molecular weight excluding hydrogens is 488 g/mol. The number of ketones is 1. The molecule has 2 aliphatic heterocycles. The molecule has 38 heavy (non-hydrogen) atoms. The third-order valence-corrected chi connectivity index (χ3v) is 6.76. The van der Waals surface area contributed by atoms with Crippen LogP contribution in [-0.4, -0.2) is 86.3 Å². The van der Waals surface area contributed by atoms with Gasteiger partial charge in [-0.3, -0.25) is 14.5 Å². The van der Waals surface area contributed by atoms with Crippen LogP contribution in [0.1, 0.15) is 37.4 Å². The number of hydrogen-bond donors (Lipinski definition) is 1. The Morgan fingerprint density at radius 3 is 2.32 bits per heavy atom. The lowest BCUT2D eigenvalue weighted by atomic mass is 9.95. The summed E-state index contributed by atoms with van der Waals surface area (Å²) in [6.45, 7) is 8.88. The third kappa shape index (κ3) is 5.95. The quantitative estimate of drug-likeness (QED) is 0.270. The Bertz CT molecular complexity index is 1160. The van der Waals surface area contributed by atoms with Crippen molar-refractivity contribution in [2.45, 2.75) is 26.3 Å². The zero-order chi connectivity index (χ0) is 27.1. The molecule has 204 valence electrons. The summed E-state index contributed by atoms with van der Waals surface area (Å²) in [5.41, 5.74) is 1.15. The number of hydrogen-bond acceptors (Lipinski definition) is 8. The van der Waals surface area contributed by atoms with E-state index in [4.69, 9.17) is 18.9 Å². The van der Waals surface area contributed by atoms with Crippen LogP contribution in [0.3, 0.4) is 0 Å². The van der Waals surface area contributed by atoms with Crippen LogP contribution in [0.25, 0.3) is 5.76 Å². The summed E-state index contributed by atoms with van der Waals surface area (Å²) >= 11 is 0. The van der Waals surface area contributed by atoms with Crippen LogP contribution < -0.4 is 14.2 Å². The van der Waals surface area contributed by atoms with E-state index in [1.54, 1.807) is 48.4 Å². The van der Waals surface area contributed by atoms with Crippen LogP contribution in [0.4, 0.5) is 0 Å². The first-order chi connectivity index (χ1) is 18.5. The molecule has 2 fully saturated rings. The van der Waals surface area contributed by atoms with Crippen molar-refractivity contribution in [1.29, 1.82) is 0 Å². The van der Waals surface area contributed by atoms with E-state index in [0.29, 0.717) is 67.8 Å². The molecule has 0 aromatic heterocycles. The third-order valence-electron chi connectivity index (χ3n) is 6.76. The Labute approximate surface area is 223 Å². The van der Waals surface area contributed by atoms with E-state index in [1.807, 2.05) is 19.9 Å². The van der Waals surface area contributed by atoms with Gasteiger partial charge in [0, 0.05) is 31.7 Å². The highest BCUT2D eigenvalue weighted by Gasteiger charge is 2.46. The Kier molecular flexibility index (Phi) is 9.25. The van der Waals surface area contributed by atoms with Crippen molar-refractivity contribution in [2.75, 3.05) is 59.7 Å². The van der Waals surface area contributed by atoms with Gasteiger partial charge in [-0.2, -0.15) is 0 Å². The molecule has 4 rings (SSSR count). The molecule has 0 bridgehead atoms. The molecule has 2 saturated heterocycles. The highest BCUT2D eigenvalue weighted by Crippen LogP contribution is 2.42. The van der Waals surface area contributed by atoms with E-state index in [1.165, 1.54) is 0 Å². The monoisotopic (exact) mass is 524 g/mol. The highest BCUT2D eigenvalue weighted by atomic mass is 16.5. The Morgan fingerprint density at radius 2 is 1.66 bits per heavy atom. The fraction of sp³-hybridized carbons (Fsp3) is 0.448. The fourth-order valence-corrected chi connectivity index (χ4v) is 4.89. The van der Waals surface area contributed by atoms with Crippen molar-refractivity contribution in [3.8, 4) is 17.2 Å². The fourth-order valence-electron chi connectivity index (χ4n) is 4.89. The first-order valence-corrected chi connectivity index (χ1v) is 13.1. The van der Waals surface area contributed by atoms with Gasteiger partial charge in [0.2, 0.25) is 0 Å². The van der Waals surface area contributed by atoms with Gasteiger partial charge >= 0.3 is 0 Å². The van der Waals surface area contributed by atoms with E-state index in [2.05, 4.69) is 4.90 Å². The van der Waals surface area contributed by atoms with Crippen LogP contribution >= 0.6 is 0 Å². The topological polar surface area (TPSA) is 97.8 Å². The maximum Gasteiger partial charge on any atom is 0.295 e. The van der Waals surface area contributed by atoms with Crippen LogP contribution in [0, 0.1) is 0 Å². The summed E-state index contributed by atoms with van der Waals surface area (Å²) in [5, 5.41) is 11.3. The second kappa shape index (κ2) is 12.8. The van der Waals surface area contributed by atoms with Crippen molar-refractivity contribution < 1.29 is 33.6 Å². The van der Waals surface area contributed by atoms with Gasteiger partial charge in [0.1, 0.15) is 11.5 Å². The first-order valence-electron chi connectivity index (χ1n) is 13.1. The molecule has 2 aromatic carbocycles. The second-order valence-corrected chi connectivity index (χ2v) is 9.10. The lowest BCUT2D eigenvalue weighted by Crippen LogP contribution is -2.39. The number of methoxy groups -OCH3 is 1. The molecule has 1 N–H and O–H groups in total. The van der Waals surface area contributed by atoms with Crippen molar-refractivity contribution in [3.05, 3.63) is 59.2 Å². The zero-order valence-corrected chi connectivity index (χ0v) is 22.3. The van der Waals surface area contributed by atoms with E-state index < -0.39 is 17.7 Å². The number of aliphatic hydroxyl groups excluding tert-OH is 1. The van der Waals surface area contributed by atoms with Crippen LogP contribution in [0.15, 0.2) is 48.0 Å². The van der Waals surface area contributed by atoms with Crippen LogP contribution in [0.5, 0.6) is 17.2 Å². The smallest absolute Gasteiger partial charge is 0.295 e. The number of rotatable bonds is 11. The number of carbonyl (C=O) groups excluding carboxylic acids is 2. The number of likely N-dealkylation sites (tertiary alicyclic amines) is 1. The molecular formula is C29H36N2O7. The first kappa shape index (κ1) is 27.5. The molecule has 2 aliphatic rings. The molecule has 0 saturated carbocycles. The minimum atomic E-state index is -0.767. The molecule has 0 unspecified atom stereocenters. The number of aliphatic hydroxyl groups is 1. The van der Waals surface area contributed by atoms with Crippen molar-refractivity contribution >= 4 is 17.4 Å². The van der Waals surface area contributed by atoms with Gasteiger partial charge in [-0.05, 0) is 62.2 Å². The Balaban J connectivity index is 1.72. The minimum absolute atomic E-state index is 0.0538. The predicted octanol–water partition coefficient (Wildman–Crippen LogP) is 3.64. The lowest BCUT2D eigenvalue weighted by molar-refractivity contribution is -0.140. The van der Waals surface area contributed by atoms with Gasteiger partial charge < -0.3 is 29.0 Å². The van der Waals surface area contributed by atoms with Gasteiger partial charge in [-0.1, -0.05) is 6.07 Å². The van der Waals surface area contributed by atoms with E-state index in [9.17, 15) is 14.7 Å². The molecule has 0 aliphatic carbocycles. The van der Waals surface area contributed by atoms with Gasteiger partial charge in [0.15, 0.2) is 11.5 Å². The highest BCUT2D eigenvalue weighted by molar-refractivity contribution is 6.46. The van der Waals surface area contributed by atoms with E-state index in [-0.39, 0.29) is 11.3 Å². The van der Waals surface area contributed by atoms with Gasteiger partial charge in [-0.15, -0.1) is 0 Å². The van der Waals surface area contributed by atoms with Crippen LogP contribution in [0.2, 0.25) is 0 Å². The van der Waals surface area contributed by atoms with Crippen molar-refractivity contribution in [3.63, 3.8) is 0 Å². The molecule has 9 nitrogen and oxygen atoms in total. The summed E-state index contributed by atoms with van der Waals surface area (Å²) in [5.74, 6) is 0.168. The minimum Gasteiger partial charge on any atom is -0.507 e. The van der Waals surface area contributed by atoms with Crippen LogP contribution in [-0.2, 0) is 14.3 Å². The predicted molar refractivity (Wildman–Crippen MR) is 143 cm³/mol. The summed E-state index contributed by atoms with van der Waals surface area (Å²) in [7, 11) is 1.55. The molecule has 0 spiro atoms. The lowest BCUT2D eigenvalue weighted by Gasteiger charge is -2.29. The maximum atomic E-state index is 13.4. The Hall–Kier alpha value is -3.56. The number of nitrogens with zero attached hydrogens (tertiary/aromatic N) is 2. The normalized spacial score (nSPS) is 19.6. The number of carbonyl (C=O) groups is 2. The number of amides is 1. The number of morpholine rings is 1. The summed E-state index contributed by atoms with van der Waals surface area (Å²) in [6, 6.07) is 11.4. The van der Waals surface area contributed by atoms with E-state index >= 15 is 0 Å². The number of Topliss-reactive ketones (excluding diaryl/α,β-unsaturated/α-hetero) is 1. The molecule has 0 radical (unpaired) electrons. The zero-order valence-electron chi connectivity index (χ0n) is 22.3. The standard InChI is InChI=1S/C29H36N2O7/c1-4-37-23-12-9-21(19-24(23)38-5-2)26-25(27(32)20-7-10-22(35-3)11-8-20)28(33)29(34)31(26)14-6-13-30-15-17-36-18-16-30/h7-12,19,26,32H,4-6,13-18H2,1-3H3/t26-/m1/s1. The average Bonchev–Trinajstić information content (AvgIpc) is 3.19. The SMILES string of the molecule is CCOc1ccc([C@@H]2C(=C(O)c3ccc(OC)cc3)C(=O)C(=O)N2CCCN2CCOCC2)cc1OCC. The average molecular weight is 525 g/mol. The molecule has 1 amide bonds. The molecule has 9 heteroatoms. The van der Waals surface area contributed by atoms with Gasteiger partial charge in [-0.25, -0.2) is 0 Å². The molecule has 2 aromatic rings. The second-order valence-electron chi connectivity index (χ2n) is 9.10. The van der Waals surface area contributed by atoms with Gasteiger partial charge in [0.05, 0.1) is 45.2 Å². The molecule has 2 heterocycles. The number of benzene rings is 2. The Morgan fingerprint density at radius 1 is 0.974 bits per heavy atom. The number of ether oxygens (including phenoxy) is 4. The summed E-state index contributed by atoms with van der Waals surface area (Å²) < 4.78 is 22.2. The van der Waals surface area contributed by atoms with E-state index in [0.717, 1.165) is 19.6 Å². The largest absolute Gasteiger partial charge is 0.507 e.